The Bertz CT molecular complexity index is 4560. The van der Waals surface area contributed by atoms with E-state index in [0.717, 1.165) is 95.0 Å². The van der Waals surface area contributed by atoms with Crippen molar-refractivity contribution in [2.24, 2.45) is 0 Å². The molecule has 334 valence electrons. The monoisotopic (exact) mass is 903 g/mol. The minimum Gasteiger partial charge on any atom is -0.456 e. The van der Waals surface area contributed by atoms with Crippen molar-refractivity contribution in [3.05, 3.63) is 187 Å². The van der Waals surface area contributed by atoms with Crippen molar-refractivity contribution < 1.29 is 8.83 Å². The molecule has 1 aliphatic carbocycles. The molecule has 0 aliphatic heterocycles. The largest absolute Gasteiger partial charge is 0.456 e. The summed E-state index contributed by atoms with van der Waals surface area (Å²) in [4.78, 5) is 16.4. The Morgan fingerprint density at radius 2 is 1.04 bits per heavy atom. The summed E-state index contributed by atoms with van der Waals surface area (Å²) < 4.78 is 17.7. The molecule has 5 aromatic heterocycles. The summed E-state index contributed by atoms with van der Waals surface area (Å²) >= 11 is 0. The van der Waals surface area contributed by atoms with E-state index in [1.807, 2.05) is 42.5 Å². The maximum Gasteiger partial charge on any atom is 0.238 e. The number of para-hydroxylation sites is 3. The molecule has 7 heteroatoms. The number of hydrogen-bond donors (Lipinski definition) is 0. The van der Waals surface area contributed by atoms with Gasteiger partial charge in [-0.3, -0.25) is 4.57 Å². The molecule has 1 aliphatic rings. The minimum absolute atomic E-state index is 0.00566. The Morgan fingerprint density at radius 1 is 0.414 bits per heavy atom. The zero-order valence-electron chi connectivity index (χ0n) is 39.2. The van der Waals surface area contributed by atoms with Crippen LogP contribution in [-0.2, 0) is 10.8 Å². The topological polar surface area (TPSA) is 74.8 Å². The number of fused-ring (bicyclic) bond motifs is 15. The fourth-order valence-electron chi connectivity index (χ4n) is 12.2. The second-order valence-electron chi connectivity index (χ2n) is 20.6. The number of aromatic nitrogens is 5. The molecule has 0 saturated heterocycles. The zero-order valence-corrected chi connectivity index (χ0v) is 39.2. The Balaban J connectivity index is 1.06. The lowest BCUT2D eigenvalue weighted by molar-refractivity contribution is 0.331. The van der Waals surface area contributed by atoms with Gasteiger partial charge in [0.25, 0.3) is 0 Å². The number of benzene rings is 9. The average Bonchev–Trinajstić information content (AvgIpc) is 4.14. The summed E-state index contributed by atoms with van der Waals surface area (Å²) in [6.45, 7) is 9.67. The van der Waals surface area contributed by atoms with E-state index in [1.54, 1.807) is 0 Å². The van der Waals surface area contributed by atoms with Gasteiger partial charge in [-0.1, -0.05) is 137 Å². The molecule has 70 heavy (non-hydrogen) atoms. The molecule has 7 nitrogen and oxygen atoms in total. The van der Waals surface area contributed by atoms with Crippen LogP contribution >= 0.6 is 0 Å². The predicted octanol–water partition coefficient (Wildman–Crippen LogP) is 16.7. The molecular weight excluding hydrogens is 859 g/mol. The van der Waals surface area contributed by atoms with E-state index in [0.29, 0.717) is 17.6 Å². The molecule has 0 unspecified atom stereocenters. The molecule has 15 rings (SSSR count). The molecule has 0 saturated carbocycles. The SMILES string of the molecule is CC1(C)CCC(C)(C)c2c(-n3c4ccccc4c4c5c6cc7ccccc7cc6n(-c6nc(-c7ccc8c(c7)oc7ccccc78)nc(-c7cccc8oc9ccccc9c78)n6)c5ccc43)cccc21. The first kappa shape index (κ1) is 39.4. The predicted molar refractivity (Wildman–Crippen MR) is 287 cm³/mol. The van der Waals surface area contributed by atoms with Crippen molar-refractivity contribution in [2.45, 2.75) is 51.4 Å². The van der Waals surface area contributed by atoms with Crippen LogP contribution in [0.4, 0.5) is 0 Å². The highest BCUT2D eigenvalue weighted by Crippen LogP contribution is 2.50. The van der Waals surface area contributed by atoms with Gasteiger partial charge in [-0.2, -0.15) is 9.97 Å². The molecule has 14 aromatic rings. The Morgan fingerprint density at radius 3 is 1.89 bits per heavy atom. The number of furan rings is 2. The lowest BCUT2D eigenvalue weighted by atomic mass is 9.62. The smallest absolute Gasteiger partial charge is 0.238 e. The first-order chi connectivity index (χ1) is 34.2. The highest BCUT2D eigenvalue weighted by molar-refractivity contribution is 6.30. The van der Waals surface area contributed by atoms with Crippen molar-refractivity contribution in [3.8, 4) is 34.4 Å². The van der Waals surface area contributed by atoms with Gasteiger partial charge in [-0.15, -0.1) is 0 Å². The first-order valence-corrected chi connectivity index (χ1v) is 24.3. The van der Waals surface area contributed by atoms with Crippen LogP contribution in [0.5, 0.6) is 0 Å². The fourth-order valence-corrected chi connectivity index (χ4v) is 12.2. The van der Waals surface area contributed by atoms with Crippen LogP contribution in [0.15, 0.2) is 185 Å². The van der Waals surface area contributed by atoms with E-state index < -0.39 is 0 Å². The third kappa shape index (κ3) is 5.48. The normalized spacial score (nSPS) is 14.7. The van der Waals surface area contributed by atoms with Gasteiger partial charge in [0, 0.05) is 54.2 Å². The molecule has 0 fully saturated rings. The van der Waals surface area contributed by atoms with Gasteiger partial charge < -0.3 is 13.4 Å². The van der Waals surface area contributed by atoms with Crippen LogP contribution in [0.2, 0.25) is 0 Å². The lowest BCUT2D eigenvalue weighted by Gasteiger charge is -2.43. The summed E-state index contributed by atoms with van der Waals surface area (Å²) in [6, 6.07) is 62.6. The van der Waals surface area contributed by atoms with Crippen molar-refractivity contribution in [1.29, 1.82) is 0 Å². The van der Waals surface area contributed by atoms with E-state index in [9.17, 15) is 0 Å². The molecule has 0 radical (unpaired) electrons. The van der Waals surface area contributed by atoms with E-state index >= 15 is 0 Å². The van der Waals surface area contributed by atoms with Crippen molar-refractivity contribution in [2.75, 3.05) is 0 Å². The Hall–Kier alpha value is -8.55. The van der Waals surface area contributed by atoms with Gasteiger partial charge >= 0.3 is 0 Å². The first-order valence-electron chi connectivity index (χ1n) is 24.3. The van der Waals surface area contributed by atoms with Crippen LogP contribution in [0.3, 0.4) is 0 Å². The van der Waals surface area contributed by atoms with Gasteiger partial charge in [0.15, 0.2) is 11.6 Å². The molecule has 0 atom stereocenters. The Kier molecular flexibility index (Phi) is 7.90. The summed E-state index contributed by atoms with van der Waals surface area (Å²) in [5.74, 6) is 1.61. The van der Waals surface area contributed by atoms with Crippen LogP contribution in [0.25, 0.3) is 133 Å². The van der Waals surface area contributed by atoms with E-state index in [2.05, 4.69) is 170 Å². The molecule has 0 bridgehead atoms. The lowest BCUT2D eigenvalue weighted by Crippen LogP contribution is -2.35. The van der Waals surface area contributed by atoms with Gasteiger partial charge in [-0.05, 0) is 112 Å². The fraction of sp³-hybridized carbons (Fsp3) is 0.127. The summed E-state index contributed by atoms with van der Waals surface area (Å²) in [7, 11) is 0. The minimum atomic E-state index is -0.00566. The standard InChI is InChI=1S/C63H45N5O2/c1-62(2)31-32-63(3,4)58-45(62)21-14-23-49(58)67-46-22-10-7-18-41(46)56-47(67)29-30-48-57(56)44-33-36-15-5-6-16-37(36)34-50(44)68(48)61-65-59(38-27-28-40-39-17-8-11-24-51(39)70-54(40)35-38)64-60(66-61)43-20-13-26-53-55(43)42-19-9-12-25-52(42)69-53/h5-30,33-35H,31-32H2,1-4H3. The van der Waals surface area contributed by atoms with Crippen LogP contribution in [0, 0.1) is 0 Å². The van der Waals surface area contributed by atoms with E-state index in [4.69, 9.17) is 23.8 Å². The van der Waals surface area contributed by atoms with Crippen molar-refractivity contribution in [1.82, 2.24) is 24.1 Å². The van der Waals surface area contributed by atoms with Gasteiger partial charge in [0.2, 0.25) is 5.95 Å². The van der Waals surface area contributed by atoms with Gasteiger partial charge in [-0.25, -0.2) is 4.98 Å². The average molecular weight is 904 g/mol. The number of nitrogens with zero attached hydrogens (tertiary/aromatic N) is 5. The van der Waals surface area contributed by atoms with Gasteiger partial charge in [0.1, 0.15) is 22.3 Å². The van der Waals surface area contributed by atoms with E-state index in [-0.39, 0.29) is 10.8 Å². The number of hydrogen-bond acceptors (Lipinski definition) is 5. The third-order valence-electron chi connectivity index (χ3n) is 15.6. The zero-order chi connectivity index (χ0) is 46.6. The van der Waals surface area contributed by atoms with E-state index in [1.165, 1.54) is 44.0 Å². The highest BCUT2D eigenvalue weighted by atomic mass is 16.3. The third-order valence-corrected chi connectivity index (χ3v) is 15.6. The summed E-state index contributed by atoms with van der Waals surface area (Å²) in [6.07, 6.45) is 2.28. The quantitative estimate of drug-likeness (QED) is 0.176. The molecule has 5 heterocycles. The molecule has 0 amide bonds. The van der Waals surface area contributed by atoms with Crippen molar-refractivity contribution in [3.63, 3.8) is 0 Å². The second kappa shape index (κ2) is 14.0. The molecule has 0 spiro atoms. The summed E-state index contributed by atoms with van der Waals surface area (Å²) in [5, 5.41) is 11.1. The molecular formula is C63H45N5O2. The highest BCUT2D eigenvalue weighted by Gasteiger charge is 2.39. The maximum absolute atomic E-state index is 6.45. The van der Waals surface area contributed by atoms with Crippen LogP contribution in [-0.4, -0.2) is 24.1 Å². The second-order valence-corrected chi connectivity index (χ2v) is 20.6. The molecule has 9 aromatic carbocycles. The van der Waals surface area contributed by atoms with Crippen molar-refractivity contribution >= 4 is 98.3 Å². The molecule has 0 N–H and O–H groups in total. The Labute approximate surface area is 402 Å². The van der Waals surface area contributed by atoms with Gasteiger partial charge in [0.05, 0.1) is 27.8 Å². The number of rotatable bonds is 4. The van der Waals surface area contributed by atoms with Crippen LogP contribution < -0.4 is 0 Å². The maximum atomic E-state index is 6.45. The summed E-state index contributed by atoms with van der Waals surface area (Å²) in [5.41, 5.74) is 13.5. The van der Waals surface area contributed by atoms with Crippen LogP contribution in [0.1, 0.15) is 51.7 Å².